The van der Waals surface area contributed by atoms with Crippen LogP contribution in [0, 0.1) is 0 Å². The molecule has 2 rings (SSSR count). The SMILES string of the molecule is CCOP(=O)(OC1CCCC(F)C1)OC1CCCC(F)C1. The van der Waals surface area contributed by atoms with Gasteiger partial charge in [0.05, 0.1) is 18.8 Å². The van der Waals surface area contributed by atoms with Crippen LogP contribution in [-0.4, -0.2) is 31.2 Å². The summed E-state index contributed by atoms with van der Waals surface area (Å²) in [7, 11) is -3.74. The highest BCUT2D eigenvalue weighted by Gasteiger charge is 2.37. The summed E-state index contributed by atoms with van der Waals surface area (Å²) in [6, 6.07) is 0. The Hall–Kier alpha value is -0.0300. The minimum Gasteiger partial charge on any atom is -0.287 e. The Morgan fingerprint density at radius 3 is 1.81 bits per heavy atom. The summed E-state index contributed by atoms with van der Waals surface area (Å²) >= 11 is 0. The van der Waals surface area contributed by atoms with Gasteiger partial charge in [0.1, 0.15) is 12.3 Å². The molecule has 2 saturated carbocycles. The van der Waals surface area contributed by atoms with Crippen molar-refractivity contribution in [3.05, 3.63) is 0 Å². The smallest absolute Gasteiger partial charge is 0.287 e. The lowest BCUT2D eigenvalue weighted by Gasteiger charge is -2.31. The highest BCUT2D eigenvalue weighted by atomic mass is 31.2. The van der Waals surface area contributed by atoms with Gasteiger partial charge < -0.3 is 0 Å². The molecule has 124 valence electrons. The molecule has 0 bridgehead atoms. The second-order valence-corrected chi connectivity index (χ2v) is 7.42. The maximum absolute atomic E-state index is 13.4. The van der Waals surface area contributed by atoms with Gasteiger partial charge in [0, 0.05) is 12.8 Å². The molecule has 0 N–H and O–H groups in total. The fourth-order valence-corrected chi connectivity index (χ4v) is 4.58. The normalized spacial score (nSPS) is 37.1. The van der Waals surface area contributed by atoms with E-state index in [1.807, 2.05) is 0 Å². The Kier molecular flexibility index (Phi) is 6.60. The fraction of sp³-hybridized carbons (Fsp3) is 1.00. The van der Waals surface area contributed by atoms with Crippen molar-refractivity contribution in [1.82, 2.24) is 0 Å². The average Bonchev–Trinajstić information content (AvgIpc) is 2.38. The predicted octanol–water partition coefficient (Wildman–Crippen LogP) is 4.73. The van der Waals surface area contributed by atoms with E-state index in [9.17, 15) is 13.3 Å². The third-order valence-electron chi connectivity index (χ3n) is 3.97. The van der Waals surface area contributed by atoms with Crippen molar-refractivity contribution in [2.75, 3.05) is 6.61 Å². The van der Waals surface area contributed by atoms with E-state index in [2.05, 4.69) is 0 Å². The van der Waals surface area contributed by atoms with Gasteiger partial charge in [-0.1, -0.05) is 0 Å². The zero-order valence-corrected chi connectivity index (χ0v) is 13.4. The summed E-state index contributed by atoms with van der Waals surface area (Å²) < 4.78 is 55.6. The van der Waals surface area contributed by atoms with Crippen molar-refractivity contribution < 1.29 is 26.9 Å². The standard InChI is InChI=1S/C14H25F2O4P/c1-2-18-21(17,19-13-7-3-5-11(15)9-13)20-14-8-4-6-12(16)10-14/h11-14H,2-10H2,1H3. The van der Waals surface area contributed by atoms with Crippen LogP contribution in [-0.2, 0) is 18.1 Å². The molecule has 21 heavy (non-hydrogen) atoms. The highest BCUT2D eigenvalue weighted by molar-refractivity contribution is 7.48. The van der Waals surface area contributed by atoms with Crippen molar-refractivity contribution in [3.8, 4) is 0 Å². The first-order chi connectivity index (χ1) is 10.0. The molecule has 0 aromatic rings. The summed E-state index contributed by atoms with van der Waals surface area (Å²) in [5.41, 5.74) is 0. The molecule has 2 aliphatic rings. The summed E-state index contributed by atoms with van der Waals surface area (Å²) in [5.74, 6) is 0. The first-order valence-corrected chi connectivity index (χ1v) is 9.36. The van der Waals surface area contributed by atoms with Crippen LogP contribution in [0.5, 0.6) is 0 Å². The Bertz CT molecular complexity index is 341. The Labute approximate surface area is 125 Å². The first kappa shape index (κ1) is 17.3. The van der Waals surface area contributed by atoms with E-state index in [-0.39, 0.29) is 19.4 Å². The summed E-state index contributed by atoms with van der Waals surface area (Å²) in [5, 5.41) is 0. The van der Waals surface area contributed by atoms with Crippen LogP contribution in [0.15, 0.2) is 0 Å². The summed E-state index contributed by atoms with van der Waals surface area (Å²) in [6.45, 7) is 1.87. The third kappa shape index (κ3) is 5.59. The molecular weight excluding hydrogens is 301 g/mol. The van der Waals surface area contributed by atoms with Gasteiger partial charge >= 0.3 is 7.82 Å². The number of hydrogen-bond donors (Lipinski definition) is 0. The van der Waals surface area contributed by atoms with E-state index >= 15 is 0 Å². The lowest BCUT2D eigenvalue weighted by Crippen LogP contribution is -2.27. The number of hydrogen-bond acceptors (Lipinski definition) is 4. The van der Waals surface area contributed by atoms with Crippen LogP contribution >= 0.6 is 7.82 Å². The largest absolute Gasteiger partial charge is 0.475 e. The van der Waals surface area contributed by atoms with E-state index in [1.165, 1.54) is 0 Å². The third-order valence-corrected chi connectivity index (χ3v) is 5.65. The van der Waals surface area contributed by atoms with Gasteiger partial charge in [-0.2, -0.15) is 0 Å². The average molecular weight is 326 g/mol. The van der Waals surface area contributed by atoms with Gasteiger partial charge in [-0.15, -0.1) is 0 Å². The lowest BCUT2D eigenvalue weighted by atomic mass is 9.96. The van der Waals surface area contributed by atoms with Crippen LogP contribution in [0.3, 0.4) is 0 Å². The van der Waals surface area contributed by atoms with E-state index in [0.29, 0.717) is 38.5 Å². The molecule has 0 radical (unpaired) electrons. The summed E-state index contributed by atoms with van der Waals surface area (Å²) in [4.78, 5) is 0. The van der Waals surface area contributed by atoms with E-state index in [4.69, 9.17) is 13.6 Å². The molecular formula is C14H25F2O4P. The number of halogens is 2. The molecule has 4 unspecified atom stereocenters. The molecule has 0 spiro atoms. The van der Waals surface area contributed by atoms with Gasteiger partial charge in [-0.05, 0) is 45.4 Å². The van der Waals surface area contributed by atoms with Crippen molar-refractivity contribution in [1.29, 1.82) is 0 Å². The second kappa shape index (κ2) is 8.00. The molecule has 0 aliphatic heterocycles. The highest BCUT2D eigenvalue weighted by Crippen LogP contribution is 2.54. The maximum atomic E-state index is 13.4. The van der Waals surface area contributed by atoms with Crippen LogP contribution in [0.25, 0.3) is 0 Å². The molecule has 2 aliphatic carbocycles. The van der Waals surface area contributed by atoms with Crippen LogP contribution in [0.1, 0.15) is 58.3 Å². The molecule has 4 nitrogen and oxygen atoms in total. The molecule has 4 atom stereocenters. The molecule has 0 amide bonds. The van der Waals surface area contributed by atoms with E-state index < -0.39 is 32.4 Å². The van der Waals surface area contributed by atoms with Crippen LogP contribution in [0.4, 0.5) is 8.78 Å². The number of phosphoric ester groups is 1. The predicted molar refractivity (Wildman–Crippen MR) is 75.7 cm³/mol. The van der Waals surface area contributed by atoms with Crippen molar-refractivity contribution in [3.63, 3.8) is 0 Å². The molecule has 0 aromatic carbocycles. The van der Waals surface area contributed by atoms with Gasteiger partial charge in [-0.3, -0.25) is 13.6 Å². The lowest BCUT2D eigenvalue weighted by molar-refractivity contribution is 0.0120. The van der Waals surface area contributed by atoms with Crippen molar-refractivity contribution >= 4 is 7.82 Å². The van der Waals surface area contributed by atoms with E-state index in [1.54, 1.807) is 6.92 Å². The molecule has 7 heteroatoms. The van der Waals surface area contributed by atoms with Crippen molar-refractivity contribution in [2.45, 2.75) is 82.8 Å². The maximum Gasteiger partial charge on any atom is 0.475 e. The Morgan fingerprint density at radius 2 is 1.43 bits per heavy atom. The number of phosphoric acid groups is 1. The number of alkyl halides is 2. The first-order valence-electron chi connectivity index (χ1n) is 7.90. The topological polar surface area (TPSA) is 44.8 Å². The minimum atomic E-state index is -3.74. The van der Waals surface area contributed by atoms with Gasteiger partial charge in [0.2, 0.25) is 0 Å². The number of rotatable bonds is 6. The van der Waals surface area contributed by atoms with Gasteiger partial charge in [0.25, 0.3) is 0 Å². The molecule has 2 fully saturated rings. The molecule has 0 saturated heterocycles. The van der Waals surface area contributed by atoms with Crippen LogP contribution < -0.4 is 0 Å². The Balaban J connectivity index is 1.93. The summed E-state index contributed by atoms with van der Waals surface area (Å²) in [6.07, 6.45) is 1.43. The van der Waals surface area contributed by atoms with E-state index in [0.717, 1.165) is 0 Å². The quantitative estimate of drug-likeness (QED) is 0.662. The molecule has 0 aromatic heterocycles. The van der Waals surface area contributed by atoms with Gasteiger partial charge in [-0.25, -0.2) is 13.3 Å². The molecule has 0 heterocycles. The second-order valence-electron chi connectivity index (χ2n) is 5.85. The minimum absolute atomic E-state index is 0.175. The Morgan fingerprint density at radius 1 is 0.952 bits per heavy atom. The zero-order valence-electron chi connectivity index (χ0n) is 12.5. The van der Waals surface area contributed by atoms with Crippen molar-refractivity contribution in [2.24, 2.45) is 0 Å². The van der Waals surface area contributed by atoms with Crippen LogP contribution in [0.2, 0.25) is 0 Å². The fourth-order valence-electron chi connectivity index (χ4n) is 2.98. The monoisotopic (exact) mass is 326 g/mol. The van der Waals surface area contributed by atoms with Gasteiger partial charge in [0.15, 0.2) is 0 Å². The zero-order chi connectivity index (χ0) is 15.3.